The van der Waals surface area contributed by atoms with Gasteiger partial charge in [0.1, 0.15) is 0 Å². The number of urea groups is 1. The highest BCUT2D eigenvalue weighted by Gasteiger charge is 1.98. The van der Waals surface area contributed by atoms with E-state index < -0.39 is 0 Å². The lowest BCUT2D eigenvalue weighted by molar-refractivity contribution is 0.255. The minimum atomic E-state index is -0.292. The molecule has 0 spiro atoms. The van der Waals surface area contributed by atoms with Crippen LogP contribution in [-0.4, -0.2) is 6.03 Å². The number of carbonyl (C=O) groups is 1. The van der Waals surface area contributed by atoms with Crippen molar-refractivity contribution in [3.8, 4) is 0 Å². The van der Waals surface area contributed by atoms with E-state index in [1.807, 2.05) is 37.3 Å². The molecule has 0 aliphatic carbocycles. The topological polar surface area (TPSA) is 67.2 Å². The van der Waals surface area contributed by atoms with Crippen LogP contribution in [0.15, 0.2) is 54.7 Å². The fourth-order valence-electron chi connectivity index (χ4n) is 1.71. The van der Waals surface area contributed by atoms with E-state index in [4.69, 9.17) is 5.73 Å². The van der Waals surface area contributed by atoms with Gasteiger partial charge >= 0.3 is 6.03 Å². The van der Waals surface area contributed by atoms with Crippen LogP contribution in [0, 0.1) is 6.92 Å². The average molecular weight is 267 g/mol. The molecule has 0 aliphatic rings. The van der Waals surface area contributed by atoms with Gasteiger partial charge in [0.05, 0.1) is 0 Å². The maximum absolute atomic E-state index is 11.7. The number of rotatable bonds is 3. The molecule has 2 rings (SSSR count). The number of hydrogen-bond acceptors (Lipinski definition) is 2. The smallest absolute Gasteiger partial charge is 0.323 e. The summed E-state index contributed by atoms with van der Waals surface area (Å²) < 4.78 is 0. The van der Waals surface area contributed by atoms with Crippen molar-refractivity contribution < 1.29 is 4.79 Å². The summed E-state index contributed by atoms with van der Waals surface area (Å²) in [6, 6.07) is 14.6. The second-order valence-corrected chi connectivity index (χ2v) is 4.41. The highest BCUT2D eigenvalue weighted by molar-refractivity contribution is 5.90. The summed E-state index contributed by atoms with van der Waals surface area (Å²) in [5.41, 5.74) is 9.16. The van der Waals surface area contributed by atoms with Crippen LogP contribution in [0.4, 0.5) is 16.2 Å². The molecule has 0 fully saturated rings. The first-order chi connectivity index (χ1) is 9.65. The summed E-state index contributed by atoms with van der Waals surface area (Å²) in [7, 11) is 0. The molecule has 102 valence electrons. The van der Waals surface area contributed by atoms with Crippen LogP contribution in [0.2, 0.25) is 0 Å². The largest absolute Gasteiger partial charge is 0.399 e. The first-order valence-corrected chi connectivity index (χ1v) is 6.30. The first kappa shape index (κ1) is 13.7. The number of carbonyl (C=O) groups excluding carboxylic acids is 1. The predicted octanol–water partition coefficient (Wildman–Crippen LogP) is 3.37. The number of amides is 2. The molecule has 0 aliphatic heterocycles. The number of anilines is 2. The van der Waals surface area contributed by atoms with Crippen molar-refractivity contribution in [2.24, 2.45) is 0 Å². The van der Waals surface area contributed by atoms with Crippen LogP contribution in [0.3, 0.4) is 0 Å². The zero-order valence-corrected chi connectivity index (χ0v) is 11.3. The molecule has 2 aromatic carbocycles. The zero-order valence-electron chi connectivity index (χ0n) is 11.3. The summed E-state index contributed by atoms with van der Waals surface area (Å²) in [6.45, 7) is 2.02. The number of hydrogen-bond donors (Lipinski definition) is 3. The Morgan fingerprint density at radius 3 is 2.50 bits per heavy atom. The van der Waals surface area contributed by atoms with Crippen LogP contribution in [-0.2, 0) is 0 Å². The van der Waals surface area contributed by atoms with Crippen molar-refractivity contribution in [3.05, 3.63) is 65.9 Å². The number of nitrogens with two attached hydrogens (primary N) is 1. The van der Waals surface area contributed by atoms with Crippen LogP contribution in [0.5, 0.6) is 0 Å². The molecule has 4 heteroatoms. The Morgan fingerprint density at radius 1 is 1.10 bits per heavy atom. The van der Waals surface area contributed by atoms with Gasteiger partial charge in [0.25, 0.3) is 0 Å². The van der Waals surface area contributed by atoms with Crippen molar-refractivity contribution in [1.29, 1.82) is 0 Å². The quantitative estimate of drug-likeness (QED) is 0.746. The van der Waals surface area contributed by atoms with Gasteiger partial charge in [-0.2, -0.15) is 0 Å². The molecule has 0 unspecified atom stereocenters. The van der Waals surface area contributed by atoms with Gasteiger partial charge in [0.2, 0.25) is 0 Å². The molecule has 4 N–H and O–H groups in total. The van der Waals surface area contributed by atoms with Crippen LogP contribution in [0.25, 0.3) is 6.08 Å². The second-order valence-electron chi connectivity index (χ2n) is 4.41. The SMILES string of the molecule is Cc1ccccc1/C=C/NC(=O)Nc1ccc(N)cc1. The molecule has 0 atom stereocenters. The van der Waals surface area contributed by atoms with E-state index in [-0.39, 0.29) is 6.03 Å². The van der Waals surface area contributed by atoms with Gasteiger partial charge in [-0.3, -0.25) is 0 Å². The van der Waals surface area contributed by atoms with Crippen molar-refractivity contribution in [2.45, 2.75) is 6.92 Å². The average Bonchev–Trinajstić information content (AvgIpc) is 2.43. The van der Waals surface area contributed by atoms with Gasteiger partial charge in [0.15, 0.2) is 0 Å². The van der Waals surface area contributed by atoms with E-state index in [9.17, 15) is 4.79 Å². The third-order valence-corrected chi connectivity index (χ3v) is 2.83. The zero-order chi connectivity index (χ0) is 14.4. The summed E-state index contributed by atoms with van der Waals surface area (Å²) in [6.07, 6.45) is 3.48. The minimum Gasteiger partial charge on any atom is -0.399 e. The highest BCUT2D eigenvalue weighted by atomic mass is 16.2. The van der Waals surface area contributed by atoms with E-state index >= 15 is 0 Å². The van der Waals surface area contributed by atoms with Gasteiger partial charge in [-0.05, 0) is 48.4 Å². The first-order valence-electron chi connectivity index (χ1n) is 6.30. The molecule has 0 bridgehead atoms. The molecule has 0 saturated carbocycles. The molecule has 0 saturated heterocycles. The molecule has 0 aromatic heterocycles. The van der Waals surface area contributed by atoms with Gasteiger partial charge < -0.3 is 16.4 Å². The fraction of sp³-hybridized carbons (Fsp3) is 0.0625. The van der Waals surface area contributed by atoms with Crippen molar-refractivity contribution >= 4 is 23.5 Å². The Bertz CT molecular complexity index is 618. The van der Waals surface area contributed by atoms with Gasteiger partial charge in [-0.25, -0.2) is 4.79 Å². The van der Waals surface area contributed by atoms with Gasteiger partial charge in [-0.1, -0.05) is 24.3 Å². The van der Waals surface area contributed by atoms with E-state index in [1.165, 1.54) is 0 Å². The molecule has 20 heavy (non-hydrogen) atoms. The van der Waals surface area contributed by atoms with E-state index in [1.54, 1.807) is 30.5 Å². The Labute approximate surface area is 118 Å². The molecule has 0 radical (unpaired) electrons. The molecule has 2 aromatic rings. The summed E-state index contributed by atoms with van der Waals surface area (Å²) in [5, 5.41) is 5.37. The van der Waals surface area contributed by atoms with E-state index in [0.717, 1.165) is 11.1 Å². The molecule has 4 nitrogen and oxygen atoms in total. The summed E-state index contributed by atoms with van der Waals surface area (Å²) in [5.74, 6) is 0. The van der Waals surface area contributed by atoms with Gasteiger partial charge in [-0.15, -0.1) is 0 Å². The number of nitrogens with one attached hydrogen (secondary N) is 2. The Kier molecular flexibility index (Phi) is 4.39. The van der Waals surface area contributed by atoms with Crippen molar-refractivity contribution in [1.82, 2.24) is 5.32 Å². The normalized spacial score (nSPS) is 10.4. The monoisotopic (exact) mass is 267 g/mol. The van der Waals surface area contributed by atoms with Crippen molar-refractivity contribution in [3.63, 3.8) is 0 Å². The highest BCUT2D eigenvalue weighted by Crippen LogP contribution is 2.10. The lowest BCUT2D eigenvalue weighted by Gasteiger charge is -2.05. The third kappa shape index (κ3) is 3.88. The number of nitrogen functional groups attached to an aromatic ring is 1. The summed E-state index contributed by atoms with van der Waals surface area (Å²) in [4.78, 5) is 11.7. The number of benzene rings is 2. The lowest BCUT2D eigenvalue weighted by atomic mass is 10.1. The van der Waals surface area contributed by atoms with Crippen LogP contribution in [0.1, 0.15) is 11.1 Å². The molecular weight excluding hydrogens is 250 g/mol. The third-order valence-electron chi connectivity index (χ3n) is 2.83. The Hall–Kier alpha value is -2.75. The Balaban J connectivity index is 1.89. The van der Waals surface area contributed by atoms with Crippen molar-refractivity contribution in [2.75, 3.05) is 11.1 Å². The maximum atomic E-state index is 11.7. The van der Waals surface area contributed by atoms with E-state index in [2.05, 4.69) is 10.6 Å². The Morgan fingerprint density at radius 2 is 1.80 bits per heavy atom. The fourth-order valence-corrected chi connectivity index (χ4v) is 1.71. The molecular formula is C16H17N3O. The summed E-state index contributed by atoms with van der Waals surface area (Å²) >= 11 is 0. The molecule has 2 amide bonds. The second kappa shape index (κ2) is 6.43. The maximum Gasteiger partial charge on any atom is 0.323 e. The number of aryl methyl sites for hydroxylation is 1. The predicted molar refractivity (Wildman–Crippen MR) is 83.2 cm³/mol. The van der Waals surface area contributed by atoms with Crippen LogP contribution < -0.4 is 16.4 Å². The lowest BCUT2D eigenvalue weighted by Crippen LogP contribution is -2.23. The van der Waals surface area contributed by atoms with Crippen LogP contribution >= 0.6 is 0 Å². The van der Waals surface area contributed by atoms with E-state index in [0.29, 0.717) is 11.4 Å². The minimum absolute atomic E-state index is 0.292. The standard InChI is InChI=1S/C16H17N3O/c1-12-4-2-3-5-13(12)10-11-18-16(20)19-15-8-6-14(17)7-9-15/h2-11H,17H2,1H3,(H2,18,19,20)/b11-10+. The van der Waals surface area contributed by atoms with Gasteiger partial charge in [0, 0.05) is 17.6 Å². The molecule has 0 heterocycles.